The van der Waals surface area contributed by atoms with Gasteiger partial charge in [-0.05, 0) is 29.8 Å². The van der Waals surface area contributed by atoms with Gasteiger partial charge in [-0.1, -0.05) is 18.2 Å². The number of para-hydroxylation sites is 1. The van der Waals surface area contributed by atoms with E-state index < -0.39 is 0 Å². The Hall–Kier alpha value is -3.09. The van der Waals surface area contributed by atoms with Crippen molar-refractivity contribution in [3.63, 3.8) is 0 Å². The topological polar surface area (TPSA) is 61.9 Å². The fourth-order valence-electron chi connectivity index (χ4n) is 3.48. The molecule has 0 radical (unpaired) electrons. The molecule has 0 atom stereocenters. The Labute approximate surface area is 156 Å². The highest BCUT2D eigenvalue weighted by Gasteiger charge is 2.26. The van der Waals surface area contributed by atoms with E-state index in [-0.39, 0.29) is 30.7 Å². The predicted molar refractivity (Wildman–Crippen MR) is 99.5 cm³/mol. The van der Waals surface area contributed by atoms with Crippen molar-refractivity contribution in [1.29, 1.82) is 0 Å². The van der Waals surface area contributed by atoms with Crippen LogP contribution in [0.2, 0.25) is 0 Å². The van der Waals surface area contributed by atoms with Gasteiger partial charge in [-0.15, -0.1) is 0 Å². The van der Waals surface area contributed by atoms with Crippen molar-refractivity contribution in [2.24, 2.45) is 0 Å². The molecule has 27 heavy (non-hydrogen) atoms. The fourth-order valence-corrected chi connectivity index (χ4v) is 3.48. The van der Waals surface area contributed by atoms with E-state index in [4.69, 9.17) is 4.74 Å². The normalized spacial score (nSPS) is 16.4. The summed E-state index contributed by atoms with van der Waals surface area (Å²) < 4.78 is 18.9. The number of hydrogen-bond acceptors (Lipinski definition) is 4. The Morgan fingerprint density at radius 2 is 1.89 bits per heavy atom. The van der Waals surface area contributed by atoms with Crippen LogP contribution in [0.25, 0.3) is 0 Å². The third-order valence-corrected chi connectivity index (χ3v) is 4.83. The van der Waals surface area contributed by atoms with Gasteiger partial charge in [0.15, 0.2) is 12.4 Å². The second-order valence-electron chi connectivity index (χ2n) is 6.67. The van der Waals surface area contributed by atoms with Crippen LogP contribution >= 0.6 is 0 Å². The van der Waals surface area contributed by atoms with Crippen LogP contribution in [0.3, 0.4) is 0 Å². The Kier molecular flexibility index (Phi) is 4.66. The Morgan fingerprint density at radius 1 is 1.11 bits per heavy atom. The molecule has 7 heteroatoms. The molecule has 1 fully saturated rings. The highest BCUT2D eigenvalue weighted by atomic mass is 19.1. The van der Waals surface area contributed by atoms with E-state index >= 15 is 0 Å². The highest BCUT2D eigenvalue weighted by Crippen LogP contribution is 2.38. The molecule has 0 aromatic heterocycles. The number of piperazine rings is 1. The smallest absolute Gasteiger partial charge is 0.262 e. The van der Waals surface area contributed by atoms with Gasteiger partial charge in [0.2, 0.25) is 5.91 Å². The first-order valence-corrected chi connectivity index (χ1v) is 8.93. The monoisotopic (exact) mass is 369 g/mol. The van der Waals surface area contributed by atoms with Gasteiger partial charge in [-0.3, -0.25) is 9.59 Å². The first-order valence-electron chi connectivity index (χ1n) is 8.93. The number of fused-ring (bicyclic) bond motifs is 1. The van der Waals surface area contributed by atoms with Crippen LogP contribution in [0.1, 0.15) is 5.56 Å². The number of ether oxygens (including phenoxy) is 1. The van der Waals surface area contributed by atoms with Crippen LogP contribution in [0.4, 0.5) is 15.8 Å². The lowest BCUT2D eigenvalue weighted by Gasteiger charge is -2.37. The molecule has 140 valence electrons. The average Bonchev–Trinajstić information content (AvgIpc) is 2.67. The van der Waals surface area contributed by atoms with Gasteiger partial charge in [0.25, 0.3) is 5.91 Å². The number of rotatable bonds is 3. The number of halogens is 1. The summed E-state index contributed by atoms with van der Waals surface area (Å²) in [5, 5.41) is 2.81. The molecule has 0 aliphatic carbocycles. The zero-order valence-electron chi connectivity index (χ0n) is 14.8. The summed E-state index contributed by atoms with van der Waals surface area (Å²) >= 11 is 0. The molecule has 0 saturated carbocycles. The molecule has 2 amide bonds. The van der Waals surface area contributed by atoms with E-state index in [1.165, 1.54) is 12.1 Å². The lowest BCUT2D eigenvalue weighted by Crippen LogP contribution is -2.49. The largest absolute Gasteiger partial charge is 0.479 e. The standard InChI is InChI=1S/C20H20FN3O3/c21-15-4-1-3-14(11-15)12-19(26)24-9-7-23(8-10-24)17-6-2-5-16-20(17)27-13-18(25)22-16/h1-6,11H,7-10,12-13H2,(H,22,25). The van der Waals surface area contributed by atoms with Gasteiger partial charge < -0.3 is 19.9 Å². The molecule has 2 aromatic carbocycles. The summed E-state index contributed by atoms with van der Waals surface area (Å²) in [4.78, 5) is 27.9. The van der Waals surface area contributed by atoms with Crippen molar-refractivity contribution >= 4 is 23.2 Å². The summed E-state index contributed by atoms with van der Waals surface area (Å²) in [7, 11) is 0. The molecule has 2 aliphatic heterocycles. The summed E-state index contributed by atoms with van der Waals surface area (Å²) in [6.45, 7) is 2.52. The van der Waals surface area contributed by atoms with Gasteiger partial charge in [-0.25, -0.2) is 4.39 Å². The van der Waals surface area contributed by atoms with E-state index in [1.807, 2.05) is 18.2 Å². The number of benzene rings is 2. The second-order valence-corrected chi connectivity index (χ2v) is 6.67. The number of nitrogens with zero attached hydrogens (tertiary/aromatic N) is 2. The molecule has 6 nitrogen and oxygen atoms in total. The molecule has 2 aliphatic rings. The number of amides is 2. The average molecular weight is 369 g/mol. The van der Waals surface area contributed by atoms with Gasteiger partial charge in [0.05, 0.1) is 17.8 Å². The SMILES string of the molecule is O=C1COc2c(cccc2N2CCN(C(=O)Cc3cccc(F)c3)CC2)N1. The van der Waals surface area contributed by atoms with Crippen LogP contribution in [0.5, 0.6) is 5.75 Å². The molecular formula is C20H20FN3O3. The molecular weight excluding hydrogens is 349 g/mol. The summed E-state index contributed by atoms with van der Waals surface area (Å²) in [6.07, 6.45) is 0.202. The predicted octanol–water partition coefficient (Wildman–Crippen LogP) is 2.05. The Balaban J connectivity index is 1.40. The van der Waals surface area contributed by atoms with E-state index in [9.17, 15) is 14.0 Å². The van der Waals surface area contributed by atoms with Gasteiger partial charge >= 0.3 is 0 Å². The molecule has 4 rings (SSSR count). The molecule has 1 saturated heterocycles. The molecule has 0 spiro atoms. The minimum atomic E-state index is -0.328. The maximum absolute atomic E-state index is 13.3. The van der Waals surface area contributed by atoms with Crippen molar-refractivity contribution in [1.82, 2.24) is 4.90 Å². The molecule has 0 unspecified atom stereocenters. The first kappa shape index (κ1) is 17.3. The summed E-state index contributed by atoms with van der Waals surface area (Å²) in [5.74, 6) is 0.189. The summed E-state index contributed by atoms with van der Waals surface area (Å²) in [5.41, 5.74) is 2.28. The lowest BCUT2D eigenvalue weighted by molar-refractivity contribution is -0.130. The van der Waals surface area contributed by atoms with Crippen LogP contribution in [-0.4, -0.2) is 49.5 Å². The number of nitrogens with one attached hydrogen (secondary N) is 1. The van der Waals surface area contributed by atoms with Crippen LogP contribution in [-0.2, 0) is 16.0 Å². The van der Waals surface area contributed by atoms with Gasteiger partial charge in [0, 0.05) is 26.2 Å². The third-order valence-electron chi connectivity index (χ3n) is 4.83. The number of carbonyl (C=O) groups is 2. The quantitative estimate of drug-likeness (QED) is 0.900. The van der Waals surface area contributed by atoms with Crippen molar-refractivity contribution in [3.8, 4) is 5.75 Å². The van der Waals surface area contributed by atoms with Crippen LogP contribution < -0.4 is 15.0 Å². The minimum Gasteiger partial charge on any atom is -0.479 e. The van der Waals surface area contributed by atoms with Crippen molar-refractivity contribution in [3.05, 3.63) is 53.8 Å². The molecule has 2 heterocycles. The van der Waals surface area contributed by atoms with E-state index in [1.54, 1.807) is 17.0 Å². The van der Waals surface area contributed by atoms with Crippen LogP contribution in [0, 0.1) is 5.82 Å². The highest BCUT2D eigenvalue weighted by molar-refractivity contribution is 5.97. The molecule has 0 bridgehead atoms. The Bertz CT molecular complexity index is 879. The van der Waals surface area contributed by atoms with Crippen molar-refractivity contribution in [2.75, 3.05) is 43.0 Å². The van der Waals surface area contributed by atoms with E-state index in [0.717, 1.165) is 5.69 Å². The van der Waals surface area contributed by atoms with Gasteiger partial charge in [0.1, 0.15) is 5.82 Å². The van der Waals surface area contributed by atoms with Crippen molar-refractivity contribution < 1.29 is 18.7 Å². The van der Waals surface area contributed by atoms with Crippen molar-refractivity contribution in [2.45, 2.75) is 6.42 Å². The van der Waals surface area contributed by atoms with Gasteiger partial charge in [-0.2, -0.15) is 0 Å². The van der Waals surface area contributed by atoms with E-state index in [0.29, 0.717) is 43.2 Å². The molecule has 2 aromatic rings. The van der Waals surface area contributed by atoms with Crippen LogP contribution in [0.15, 0.2) is 42.5 Å². The third kappa shape index (κ3) is 3.72. The second kappa shape index (κ2) is 7.26. The first-order chi connectivity index (χ1) is 13.1. The number of anilines is 2. The molecule has 1 N–H and O–H groups in total. The minimum absolute atomic E-state index is 0.00106. The number of hydrogen-bond donors (Lipinski definition) is 1. The zero-order chi connectivity index (χ0) is 18.8. The lowest BCUT2D eigenvalue weighted by atomic mass is 10.1. The Morgan fingerprint density at radius 3 is 2.67 bits per heavy atom. The maximum atomic E-state index is 13.3. The number of carbonyl (C=O) groups excluding carboxylic acids is 2. The summed E-state index contributed by atoms with van der Waals surface area (Å²) in [6, 6.07) is 11.8. The fraction of sp³-hybridized carbons (Fsp3) is 0.300. The van der Waals surface area contributed by atoms with E-state index in [2.05, 4.69) is 10.2 Å². The zero-order valence-corrected chi connectivity index (χ0v) is 14.8. The maximum Gasteiger partial charge on any atom is 0.262 e.